The number of amides is 2. The van der Waals surface area contributed by atoms with Crippen LogP contribution in [0.2, 0.25) is 0 Å². The Hall–Kier alpha value is -2.23. The maximum absolute atomic E-state index is 12.9. The Kier molecular flexibility index (Phi) is 5.87. The predicted molar refractivity (Wildman–Crippen MR) is 109 cm³/mol. The molecule has 0 saturated carbocycles. The van der Waals surface area contributed by atoms with Crippen LogP contribution in [0.3, 0.4) is 0 Å². The predicted octanol–water partition coefficient (Wildman–Crippen LogP) is 1.98. The lowest BCUT2D eigenvalue weighted by atomic mass is 10.1. The van der Waals surface area contributed by atoms with Gasteiger partial charge in [-0.05, 0) is 48.6 Å². The van der Waals surface area contributed by atoms with Crippen molar-refractivity contribution in [1.29, 1.82) is 0 Å². The first-order chi connectivity index (χ1) is 13.2. The molecule has 0 aliphatic carbocycles. The van der Waals surface area contributed by atoms with Crippen molar-refractivity contribution in [3.63, 3.8) is 0 Å². The van der Waals surface area contributed by atoms with E-state index in [-0.39, 0.29) is 29.3 Å². The van der Waals surface area contributed by atoms with Gasteiger partial charge >= 0.3 is 0 Å². The molecular formula is C19H23N3O4S2. The Balaban J connectivity index is 1.71. The minimum absolute atomic E-state index is 0.00814. The first-order valence-corrected chi connectivity index (χ1v) is 11.2. The third-order valence-electron chi connectivity index (χ3n) is 4.72. The quantitative estimate of drug-likeness (QED) is 0.773. The van der Waals surface area contributed by atoms with Crippen LogP contribution in [0, 0.1) is 0 Å². The van der Waals surface area contributed by atoms with E-state index < -0.39 is 10.0 Å². The highest BCUT2D eigenvalue weighted by Gasteiger charge is 2.31. The Bertz CT molecular complexity index is 987. The van der Waals surface area contributed by atoms with Crippen LogP contribution in [0.15, 0.2) is 40.6 Å². The van der Waals surface area contributed by atoms with Crippen molar-refractivity contribution < 1.29 is 18.0 Å². The fourth-order valence-electron chi connectivity index (χ4n) is 3.37. The third kappa shape index (κ3) is 4.11. The highest BCUT2D eigenvalue weighted by molar-refractivity contribution is 7.89. The highest BCUT2D eigenvalue weighted by Crippen LogP contribution is 2.34. The second-order valence-corrected chi connectivity index (χ2v) is 9.93. The van der Waals surface area contributed by atoms with E-state index in [1.807, 2.05) is 24.4 Å². The first kappa shape index (κ1) is 20.5. The molecule has 0 spiro atoms. The van der Waals surface area contributed by atoms with Crippen molar-refractivity contribution in [3.05, 3.63) is 46.2 Å². The molecule has 0 radical (unpaired) electrons. The molecule has 0 saturated heterocycles. The number of hydrogen-bond acceptors (Lipinski definition) is 5. The van der Waals surface area contributed by atoms with Gasteiger partial charge in [-0.15, -0.1) is 11.3 Å². The molecule has 2 aromatic rings. The summed E-state index contributed by atoms with van der Waals surface area (Å²) in [6.45, 7) is 3.54. The molecule has 1 aliphatic heterocycles. The van der Waals surface area contributed by atoms with Crippen LogP contribution in [0.4, 0.5) is 5.69 Å². The van der Waals surface area contributed by atoms with Crippen LogP contribution in [0.1, 0.15) is 24.3 Å². The van der Waals surface area contributed by atoms with E-state index in [1.165, 1.54) is 31.4 Å². The summed E-state index contributed by atoms with van der Waals surface area (Å²) in [5.74, 6) is -0.432. The summed E-state index contributed by atoms with van der Waals surface area (Å²) in [6, 6.07) is 8.54. The smallest absolute Gasteiger partial charge is 0.243 e. The van der Waals surface area contributed by atoms with Crippen molar-refractivity contribution in [3.8, 4) is 0 Å². The number of rotatable bonds is 6. The van der Waals surface area contributed by atoms with Gasteiger partial charge < -0.3 is 10.2 Å². The maximum Gasteiger partial charge on any atom is 0.243 e. The zero-order valence-corrected chi connectivity index (χ0v) is 17.6. The number of likely N-dealkylation sites (N-methyl/N-ethyl adjacent to an activating group) is 1. The molecule has 0 unspecified atom stereocenters. The normalized spacial score (nSPS) is 16.3. The van der Waals surface area contributed by atoms with E-state index >= 15 is 0 Å². The van der Waals surface area contributed by atoms with Gasteiger partial charge in [-0.1, -0.05) is 6.07 Å². The average molecular weight is 422 g/mol. The number of sulfonamides is 1. The summed E-state index contributed by atoms with van der Waals surface area (Å²) in [7, 11) is -2.42. The number of anilines is 1. The zero-order chi connectivity index (χ0) is 20.5. The summed E-state index contributed by atoms with van der Waals surface area (Å²) in [4.78, 5) is 26.7. The molecular weight excluding hydrogens is 398 g/mol. The van der Waals surface area contributed by atoms with Crippen molar-refractivity contribution >= 4 is 38.9 Å². The largest absolute Gasteiger partial charge is 0.350 e. The standard InChI is InChI=1S/C19H23N3O4S2/c1-13-9-15-10-17(6-7-18(15)22(13)14(2)23)28(25,26)21(3)12-19(24)20-11-16-5-4-8-27-16/h4-8,10,13H,9,11-12H2,1-3H3,(H,20,24)/t13-/m0/s1. The average Bonchev–Trinajstić information content (AvgIpc) is 3.25. The maximum atomic E-state index is 12.9. The lowest BCUT2D eigenvalue weighted by Crippen LogP contribution is -2.38. The van der Waals surface area contributed by atoms with E-state index in [0.29, 0.717) is 13.0 Å². The zero-order valence-electron chi connectivity index (χ0n) is 16.0. The van der Waals surface area contributed by atoms with Crippen LogP contribution >= 0.6 is 11.3 Å². The molecule has 2 heterocycles. The Labute approximate surface area is 169 Å². The Morgan fingerprint density at radius 3 is 2.71 bits per heavy atom. The fraction of sp³-hybridized carbons (Fsp3) is 0.368. The van der Waals surface area contributed by atoms with Crippen molar-refractivity contribution in [2.45, 2.75) is 37.8 Å². The molecule has 150 valence electrons. The van der Waals surface area contributed by atoms with E-state index in [4.69, 9.17) is 0 Å². The van der Waals surface area contributed by atoms with Crippen LogP contribution in [-0.2, 0) is 32.6 Å². The van der Waals surface area contributed by atoms with Crippen molar-refractivity contribution in [2.24, 2.45) is 0 Å². The molecule has 1 atom stereocenters. The minimum Gasteiger partial charge on any atom is -0.350 e. The molecule has 3 rings (SSSR count). The lowest BCUT2D eigenvalue weighted by Gasteiger charge is -2.21. The monoisotopic (exact) mass is 421 g/mol. The van der Waals surface area contributed by atoms with Gasteiger partial charge in [0.15, 0.2) is 0 Å². The first-order valence-electron chi connectivity index (χ1n) is 8.88. The molecule has 7 nitrogen and oxygen atoms in total. The van der Waals surface area contributed by atoms with E-state index in [1.54, 1.807) is 17.0 Å². The number of benzene rings is 1. The Morgan fingerprint density at radius 1 is 1.32 bits per heavy atom. The topological polar surface area (TPSA) is 86.8 Å². The molecule has 9 heteroatoms. The SMILES string of the molecule is CC(=O)N1c2ccc(S(=O)(=O)N(C)CC(=O)NCc3cccs3)cc2C[C@@H]1C. The number of nitrogens with zero attached hydrogens (tertiary/aromatic N) is 2. The van der Waals surface area contributed by atoms with Gasteiger partial charge in [0.25, 0.3) is 0 Å². The molecule has 1 N–H and O–H groups in total. The fourth-order valence-corrected chi connectivity index (χ4v) is 5.19. The molecule has 0 bridgehead atoms. The second-order valence-electron chi connectivity index (χ2n) is 6.85. The van der Waals surface area contributed by atoms with Crippen LogP contribution in [-0.4, -0.2) is 44.2 Å². The molecule has 28 heavy (non-hydrogen) atoms. The number of fused-ring (bicyclic) bond motifs is 1. The summed E-state index contributed by atoms with van der Waals surface area (Å²) < 4.78 is 26.8. The number of carbonyl (C=O) groups is 2. The van der Waals surface area contributed by atoms with Crippen LogP contribution < -0.4 is 10.2 Å². The van der Waals surface area contributed by atoms with Crippen molar-refractivity contribution in [1.82, 2.24) is 9.62 Å². The number of thiophene rings is 1. The number of nitrogens with one attached hydrogen (secondary N) is 1. The lowest BCUT2D eigenvalue weighted by molar-refractivity contribution is -0.121. The minimum atomic E-state index is -3.81. The molecule has 1 aromatic carbocycles. The molecule has 0 fully saturated rings. The van der Waals surface area contributed by atoms with Crippen LogP contribution in [0.25, 0.3) is 0 Å². The molecule has 2 amide bonds. The van der Waals surface area contributed by atoms with E-state index in [2.05, 4.69) is 5.32 Å². The second kappa shape index (κ2) is 8.02. The summed E-state index contributed by atoms with van der Waals surface area (Å²) in [5, 5.41) is 4.64. The summed E-state index contributed by atoms with van der Waals surface area (Å²) in [6.07, 6.45) is 0.600. The van der Waals surface area contributed by atoms with E-state index in [9.17, 15) is 18.0 Å². The summed E-state index contributed by atoms with van der Waals surface area (Å²) in [5.41, 5.74) is 1.56. The van der Waals surface area contributed by atoms with Gasteiger partial charge in [0.05, 0.1) is 18.0 Å². The summed E-state index contributed by atoms with van der Waals surface area (Å²) >= 11 is 1.53. The van der Waals surface area contributed by atoms with E-state index in [0.717, 1.165) is 20.4 Å². The van der Waals surface area contributed by atoms with Crippen LogP contribution in [0.5, 0.6) is 0 Å². The number of carbonyl (C=O) groups excluding carboxylic acids is 2. The molecule has 1 aliphatic rings. The molecule has 1 aromatic heterocycles. The van der Waals surface area contributed by atoms with Gasteiger partial charge in [-0.2, -0.15) is 4.31 Å². The van der Waals surface area contributed by atoms with Crippen molar-refractivity contribution in [2.75, 3.05) is 18.5 Å². The third-order valence-corrected chi connectivity index (χ3v) is 7.40. The highest BCUT2D eigenvalue weighted by atomic mass is 32.2. The Morgan fingerprint density at radius 2 is 2.07 bits per heavy atom. The van der Waals surface area contributed by atoms with Gasteiger partial charge in [-0.25, -0.2) is 8.42 Å². The number of hydrogen-bond donors (Lipinski definition) is 1. The van der Waals surface area contributed by atoms with Gasteiger partial charge in [-0.3, -0.25) is 9.59 Å². The van der Waals surface area contributed by atoms with Gasteiger partial charge in [0, 0.05) is 30.6 Å². The van der Waals surface area contributed by atoms with Gasteiger partial charge in [0.1, 0.15) is 0 Å². The van der Waals surface area contributed by atoms with Gasteiger partial charge in [0.2, 0.25) is 21.8 Å².